The summed E-state index contributed by atoms with van der Waals surface area (Å²) in [4.78, 5) is 63.9. The summed E-state index contributed by atoms with van der Waals surface area (Å²) in [6.07, 6.45) is 27.4. The van der Waals surface area contributed by atoms with E-state index in [1.165, 1.54) is 131 Å². The molecule has 9 aromatic carbocycles. The van der Waals surface area contributed by atoms with E-state index in [0.29, 0.717) is 22.6 Å². The van der Waals surface area contributed by atoms with Gasteiger partial charge in [-0.3, -0.25) is 28.3 Å². The number of carbonyl (C=O) groups is 3. The van der Waals surface area contributed by atoms with Gasteiger partial charge in [-0.1, -0.05) is 153 Å². The molecule has 8 saturated carbocycles. The molecule has 135 heavy (non-hydrogen) atoms. The first-order valence-electron chi connectivity index (χ1n) is 46.2. The first-order chi connectivity index (χ1) is 62.1. The average Bonchev–Trinajstić information content (AvgIpc) is 1.64. The fourth-order valence-corrected chi connectivity index (χ4v) is 30.5. The molecule has 0 atom stereocenters. The van der Waals surface area contributed by atoms with Gasteiger partial charge in [0.15, 0.2) is 0 Å². The average molecular weight is 2160 g/mol. The number of rotatable bonds is 11. The van der Waals surface area contributed by atoms with Gasteiger partial charge in [-0.25, -0.2) is 4.79 Å². The predicted octanol–water partition coefficient (Wildman–Crippen LogP) is 19.8. The molecule has 8 aliphatic carbocycles. The van der Waals surface area contributed by atoms with Crippen LogP contribution in [-0.4, -0.2) is 98.2 Å². The van der Waals surface area contributed by atoms with E-state index in [4.69, 9.17) is 29.7 Å². The molecular weight excluding hydrogens is 2010 g/mol. The molecule has 728 valence electrons. The first-order valence-corrected chi connectivity index (χ1v) is 50.7. The molecule has 11 aliphatic rings. The van der Waals surface area contributed by atoms with Crippen molar-refractivity contribution in [3.63, 3.8) is 0 Å². The number of hydrogen-bond acceptors (Lipinski definition) is 11. The third-order valence-corrected chi connectivity index (χ3v) is 36.6. The van der Waals surface area contributed by atoms with Crippen LogP contribution < -0.4 is 68.8 Å². The number of carboxylic acids is 3. The Morgan fingerprint density at radius 1 is 0.341 bits per heavy atom. The maximum absolute atomic E-state index is 11.9. The van der Waals surface area contributed by atoms with Crippen LogP contribution >= 0.6 is 23.8 Å². The maximum Gasteiger partial charge on any atom is 2.00 e. The molecule has 0 amide bonds. The molecular formula is C113H146N8O8P3Pd3+3. The van der Waals surface area contributed by atoms with Crippen LogP contribution in [0.15, 0.2) is 253 Å². The Kier molecular flexibility index (Phi) is 42.1. The topological polar surface area (TPSA) is 175 Å². The number of aliphatic carboxylic acids is 3. The Bertz CT molecular complexity index is 4970. The summed E-state index contributed by atoms with van der Waals surface area (Å²) in [6.45, 7) is 49.1. The van der Waals surface area contributed by atoms with Crippen molar-refractivity contribution < 1.29 is 91.0 Å². The second-order valence-electron chi connectivity index (χ2n) is 39.3. The van der Waals surface area contributed by atoms with Gasteiger partial charge in [0.1, 0.15) is 11.5 Å². The van der Waals surface area contributed by atoms with E-state index >= 15 is 0 Å². The van der Waals surface area contributed by atoms with Gasteiger partial charge in [0.2, 0.25) is 0 Å². The molecule has 0 saturated heterocycles. The SMILES string of the molecule is C.C1=CN(C23CC4CC(CC(C4)C2)C3)[CH-]N1C12CC3CC(CC(C3)C1)C2.CC(=O)O.CC(=O)O.CC(=O)O.CC(C)(C)N1C=CN(C(C)(C)C)[CH-]1.CN1[CH-]N(C)c2c1c(=O)n(C)c(=O)n2C.[CH2-]c1ccccc1[PH+](c1ccccc1C)c1ccccc1C.[CH2-]c1ccccc1[PH+](c1ccccc1C)c1ccccc1C.[CH2-]c1ccccc1[PH+](c1ccccc1C)c1ccccc1C.[Pd+2].[Pd+2].[Pd+2]. The summed E-state index contributed by atoms with van der Waals surface area (Å²) in [5, 5.41) is 35.1. The Morgan fingerprint density at radius 2 is 0.556 bits per heavy atom. The van der Waals surface area contributed by atoms with Gasteiger partial charge in [-0.05, 0) is 304 Å². The smallest absolute Gasteiger partial charge is 0.504 e. The number of hydrogen-bond donors (Lipinski definition) is 3. The summed E-state index contributed by atoms with van der Waals surface area (Å²) in [5.41, 5.74) is 12.9. The molecule has 3 aliphatic heterocycles. The molecule has 0 radical (unpaired) electrons. The maximum atomic E-state index is 11.9. The number of benzene rings is 9. The van der Waals surface area contributed by atoms with Crippen LogP contribution in [0.5, 0.6) is 0 Å². The number of aryl methyl sites for hydroxylation is 6. The zero-order chi connectivity index (χ0) is 95.1. The van der Waals surface area contributed by atoms with Gasteiger partial charge >= 0.3 is 67.0 Å². The van der Waals surface area contributed by atoms with Crippen LogP contribution in [0.4, 0.5) is 11.5 Å². The van der Waals surface area contributed by atoms with Crippen LogP contribution in [-0.2, 0) is 89.7 Å². The van der Waals surface area contributed by atoms with Gasteiger partial charge < -0.3 is 44.7 Å². The molecule has 10 aromatic rings. The summed E-state index contributed by atoms with van der Waals surface area (Å²) >= 11 is 0. The van der Waals surface area contributed by atoms with Crippen molar-refractivity contribution in [3.05, 3.63) is 355 Å². The third-order valence-electron chi connectivity index (χ3n) is 26.9. The number of anilines is 2. The van der Waals surface area contributed by atoms with E-state index in [0.717, 1.165) is 77.5 Å². The van der Waals surface area contributed by atoms with Gasteiger partial charge in [-0.2, -0.15) is 75.7 Å². The minimum Gasteiger partial charge on any atom is -0.504 e. The summed E-state index contributed by atoms with van der Waals surface area (Å²) in [7, 11) is 3.64. The predicted molar refractivity (Wildman–Crippen MR) is 562 cm³/mol. The normalized spacial score (nSPS) is 20.0. The molecule has 0 spiro atoms. The van der Waals surface area contributed by atoms with Crippen LogP contribution in [0, 0.1) is 118 Å². The Balaban J connectivity index is 0.000000216. The Hall–Kier alpha value is -8.76. The Morgan fingerprint density at radius 3 is 0.763 bits per heavy atom. The summed E-state index contributed by atoms with van der Waals surface area (Å²) < 4.78 is 2.58. The minimum absolute atomic E-state index is 0. The fourth-order valence-electron chi connectivity index (χ4n) is 21.4. The fraction of sp³-hybridized carbons (Fsp3) is 0.372. The summed E-state index contributed by atoms with van der Waals surface area (Å²) in [5.74, 6) is 4.39. The molecule has 4 heterocycles. The van der Waals surface area contributed by atoms with Crippen LogP contribution in [0.2, 0.25) is 0 Å². The van der Waals surface area contributed by atoms with Crippen molar-refractivity contribution in [1.29, 1.82) is 0 Å². The molecule has 22 heteroatoms. The van der Waals surface area contributed by atoms with E-state index in [2.05, 4.69) is 380 Å². The third kappa shape index (κ3) is 28.5. The van der Waals surface area contributed by atoms with Crippen LogP contribution in [0.1, 0.15) is 197 Å². The number of aromatic nitrogens is 2. The largest absolute Gasteiger partial charge is 2.00 e. The van der Waals surface area contributed by atoms with E-state index in [1.54, 1.807) is 76.1 Å². The van der Waals surface area contributed by atoms with Crippen molar-refractivity contribution >= 4 is 101 Å². The van der Waals surface area contributed by atoms with Gasteiger partial charge in [0.05, 0.1) is 55.6 Å². The monoisotopic (exact) mass is 2150 g/mol. The van der Waals surface area contributed by atoms with Gasteiger partial charge in [-0.15, -0.1) is 18.2 Å². The zero-order valence-corrected chi connectivity index (χ0v) is 89.5. The number of nitrogens with zero attached hydrogens (tertiary/aromatic N) is 8. The van der Waals surface area contributed by atoms with Crippen LogP contribution in [0.25, 0.3) is 0 Å². The van der Waals surface area contributed by atoms with E-state index in [9.17, 15) is 9.59 Å². The van der Waals surface area contributed by atoms with E-state index in [1.807, 2.05) is 0 Å². The molecule has 0 unspecified atom stereocenters. The first kappa shape index (κ1) is 113. The molecule has 3 N–H and O–H groups in total. The van der Waals surface area contributed by atoms with Crippen molar-refractivity contribution in [2.24, 2.45) is 49.6 Å². The number of fused-ring (bicyclic) bond motifs is 1. The van der Waals surface area contributed by atoms with Crippen molar-refractivity contribution in [3.8, 4) is 0 Å². The molecule has 8 bridgehead atoms. The molecule has 8 fully saturated rings. The second-order valence-corrected chi connectivity index (χ2v) is 46.4. The van der Waals surface area contributed by atoms with Gasteiger partial charge in [0, 0.05) is 72.9 Å². The minimum atomic E-state index is -1.03. The van der Waals surface area contributed by atoms with Crippen molar-refractivity contribution in [1.82, 2.24) is 28.7 Å². The van der Waals surface area contributed by atoms with E-state index < -0.39 is 41.7 Å². The van der Waals surface area contributed by atoms with Crippen molar-refractivity contribution in [2.45, 2.75) is 210 Å². The zero-order valence-electron chi connectivity index (χ0n) is 81.8. The summed E-state index contributed by atoms with van der Waals surface area (Å²) in [6, 6.07) is 78.3. The second kappa shape index (κ2) is 50.2. The molecule has 21 rings (SSSR count). The molecule has 16 nitrogen and oxygen atoms in total. The standard InChI is InChI=1S/C23H33N2.3C21H20P.C11H21N2.C9H13N4O2.3C2H4O2.CH4.3Pd/c1-2-25(23-12-19-6-20(13-23)8-21(7-19)14-23)15-24(1)22-9-16-3-17(10-22)5-18(4-16)11-22;3*1-16-10-4-7-13-19(16)22(20-14-8-5-11-17(20)2)21-15-9-6-12-18(21)3;1-10(2,3)12-7-8-13(9-12)11(4,5)6;1-10-5-11(2)7-6(10)8(14)13(4)9(15)12(7)3;3*1-2(3)4;;;;/h1-2,15-21H,3-14H2;3*4-15H,1H2,2-3H3;7-9H,1-6H3;5H,1-4H3;3*1H3,(H,3,4);1H4;;;/q6*-1;;;;;3*+2/p+3. The quantitative estimate of drug-likeness (QED) is 0.0633. The van der Waals surface area contributed by atoms with Gasteiger partial charge in [0.25, 0.3) is 23.5 Å². The molecule has 1 aromatic heterocycles. The Labute approximate surface area is 852 Å². The van der Waals surface area contributed by atoms with E-state index in [-0.39, 0.29) is 91.0 Å². The van der Waals surface area contributed by atoms with Crippen molar-refractivity contribution in [2.75, 3.05) is 23.9 Å². The number of carboxylic acid groups (broad SMARTS) is 3. The van der Waals surface area contributed by atoms with Crippen LogP contribution in [0.3, 0.4) is 0 Å².